The molecule has 0 atom stereocenters. The number of hydrogen-bond acceptors (Lipinski definition) is 5. The molecule has 136 valence electrons. The Morgan fingerprint density at radius 1 is 1.35 bits per heavy atom. The van der Waals surface area contributed by atoms with E-state index in [0.717, 1.165) is 11.1 Å². The van der Waals surface area contributed by atoms with Gasteiger partial charge in [-0.25, -0.2) is 4.98 Å². The minimum absolute atomic E-state index is 0.0430. The van der Waals surface area contributed by atoms with Gasteiger partial charge >= 0.3 is 7.60 Å². The number of fused-ring (bicyclic) bond motifs is 1. The molecule has 2 heterocycles. The second-order valence-corrected chi connectivity index (χ2v) is 7.50. The van der Waals surface area contributed by atoms with Crippen molar-refractivity contribution < 1.29 is 14.4 Å². The molecule has 26 heavy (non-hydrogen) atoms. The lowest BCUT2D eigenvalue weighted by molar-refractivity contribution is 0.377. The predicted octanol–water partition coefficient (Wildman–Crippen LogP) is 1.14. The molecule has 0 fully saturated rings. The Bertz CT molecular complexity index is 1070. The van der Waals surface area contributed by atoms with Crippen molar-refractivity contribution in [3.05, 3.63) is 58.1 Å². The third kappa shape index (κ3) is 4.45. The van der Waals surface area contributed by atoms with Crippen molar-refractivity contribution in [1.29, 1.82) is 0 Å². The van der Waals surface area contributed by atoms with Crippen molar-refractivity contribution in [3.63, 3.8) is 0 Å². The molecule has 0 saturated heterocycles. The van der Waals surface area contributed by atoms with Crippen molar-refractivity contribution in [2.24, 2.45) is 0 Å². The summed E-state index contributed by atoms with van der Waals surface area (Å²) in [6, 6.07) is 7.62. The molecule has 3 rings (SSSR count). The maximum atomic E-state index is 11.8. The summed E-state index contributed by atoms with van der Waals surface area (Å²) < 4.78 is 12.6. The SMILES string of the molecule is Nc1nc2c(ncn2CCc2cccc(/C=C/CP(=O)(O)O)c2)c(=O)[nH]1. The van der Waals surface area contributed by atoms with Crippen LogP contribution in [0, 0.1) is 0 Å². The first-order valence-electron chi connectivity index (χ1n) is 7.82. The van der Waals surface area contributed by atoms with Crippen LogP contribution < -0.4 is 11.3 Å². The Morgan fingerprint density at radius 3 is 2.92 bits per heavy atom. The van der Waals surface area contributed by atoms with Crippen molar-refractivity contribution in [1.82, 2.24) is 19.5 Å². The highest BCUT2D eigenvalue weighted by atomic mass is 31.2. The zero-order valence-corrected chi connectivity index (χ0v) is 14.6. The summed E-state index contributed by atoms with van der Waals surface area (Å²) in [6.07, 6.45) is 5.06. The lowest BCUT2D eigenvalue weighted by Gasteiger charge is -2.05. The molecule has 0 aliphatic heterocycles. The standard InChI is InChI=1S/C16H18N5O4P/c17-16-19-14-13(15(22)20-16)18-10-21(14)7-6-12-4-1-3-11(9-12)5-2-8-26(23,24)25/h1-5,9-10H,6-8H2,(H2,23,24,25)(H3,17,19,20,22)/b5-2+. The lowest BCUT2D eigenvalue weighted by Crippen LogP contribution is -2.12. The molecular formula is C16H18N5O4P. The maximum absolute atomic E-state index is 11.8. The largest absolute Gasteiger partial charge is 0.369 e. The fourth-order valence-electron chi connectivity index (χ4n) is 2.56. The molecule has 1 aromatic carbocycles. The van der Waals surface area contributed by atoms with E-state index in [9.17, 15) is 9.36 Å². The normalized spacial score (nSPS) is 12.2. The summed E-state index contributed by atoms with van der Waals surface area (Å²) in [5.41, 5.74) is 7.77. The molecule has 5 N–H and O–H groups in total. The van der Waals surface area contributed by atoms with Gasteiger partial charge in [0.25, 0.3) is 5.56 Å². The second kappa shape index (κ2) is 7.25. The van der Waals surface area contributed by atoms with Crippen molar-refractivity contribution in [3.8, 4) is 0 Å². The van der Waals surface area contributed by atoms with E-state index in [4.69, 9.17) is 15.5 Å². The Morgan fingerprint density at radius 2 is 2.15 bits per heavy atom. The van der Waals surface area contributed by atoms with Crippen LogP contribution in [0.5, 0.6) is 0 Å². The number of aromatic nitrogens is 4. The van der Waals surface area contributed by atoms with E-state index >= 15 is 0 Å². The molecule has 0 unspecified atom stereocenters. The number of benzene rings is 1. The van der Waals surface area contributed by atoms with Crippen LogP contribution in [0.3, 0.4) is 0 Å². The van der Waals surface area contributed by atoms with Crippen molar-refractivity contribution in [2.75, 3.05) is 11.9 Å². The number of aromatic amines is 1. The number of aryl methyl sites for hydroxylation is 2. The molecule has 0 amide bonds. The van der Waals surface area contributed by atoms with Gasteiger partial charge in [0.15, 0.2) is 11.2 Å². The van der Waals surface area contributed by atoms with Crippen LogP contribution in [-0.2, 0) is 17.5 Å². The molecule has 0 radical (unpaired) electrons. The first kappa shape index (κ1) is 18.1. The third-order valence-corrected chi connectivity index (χ3v) is 4.43. The number of nitrogens with zero attached hydrogens (tertiary/aromatic N) is 3. The number of anilines is 1. The summed E-state index contributed by atoms with van der Waals surface area (Å²) in [7, 11) is -4.03. The number of nitrogen functional groups attached to an aromatic ring is 1. The number of rotatable bonds is 6. The number of allylic oxidation sites excluding steroid dienone is 1. The molecular weight excluding hydrogens is 357 g/mol. The summed E-state index contributed by atoms with van der Waals surface area (Å²) in [5.74, 6) is 0.0430. The average Bonchev–Trinajstić information content (AvgIpc) is 2.95. The van der Waals surface area contributed by atoms with Crippen LogP contribution in [0.2, 0.25) is 0 Å². The van der Waals surface area contributed by atoms with E-state index in [2.05, 4.69) is 15.0 Å². The van der Waals surface area contributed by atoms with Crippen LogP contribution in [-0.4, -0.2) is 35.5 Å². The van der Waals surface area contributed by atoms with Crippen molar-refractivity contribution in [2.45, 2.75) is 13.0 Å². The van der Waals surface area contributed by atoms with Gasteiger partial charge in [0.05, 0.1) is 12.5 Å². The van der Waals surface area contributed by atoms with Gasteiger partial charge in [-0.3, -0.25) is 14.3 Å². The van der Waals surface area contributed by atoms with E-state index in [0.29, 0.717) is 18.6 Å². The summed E-state index contributed by atoms with van der Waals surface area (Å²) in [4.78, 5) is 40.1. The predicted molar refractivity (Wildman–Crippen MR) is 98.7 cm³/mol. The van der Waals surface area contributed by atoms with Gasteiger partial charge in [-0.1, -0.05) is 36.4 Å². The quantitative estimate of drug-likeness (QED) is 0.472. The summed E-state index contributed by atoms with van der Waals surface area (Å²) in [5, 5.41) is 0. The molecule has 10 heteroatoms. The van der Waals surface area contributed by atoms with E-state index < -0.39 is 7.60 Å². The van der Waals surface area contributed by atoms with Crippen molar-refractivity contribution >= 4 is 30.8 Å². The Balaban J connectivity index is 1.74. The van der Waals surface area contributed by atoms with Crippen LogP contribution >= 0.6 is 7.60 Å². The highest BCUT2D eigenvalue weighted by Crippen LogP contribution is 2.34. The molecule has 0 aliphatic rings. The number of nitrogens with one attached hydrogen (secondary N) is 1. The summed E-state index contributed by atoms with van der Waals surface area (Å²) in [6.45, 7) is 0.558. The van der Waals surface area contributed by atoms with E-state index in [1.165, 1.54) is 6.08 Å². The van der Waals surface area contributed by atoms with Gasteiger partial charge in [-0.05, 0) is 17.5 Å². The van der Waals surface area contributed by atoms with Gasteiger partial charge in [0, 0.05) is 6.54 Å². The smallest absolute Gasteiger partial charge is 0.329 e. The van der Waals surface area contributed by atoms with Crippen LogP contribution in [0.4, 0.5) is 5.95 Å². The summed E-state index contributed by atoms with van der Waals surface area (Å²) >= 11 is 0. The number of nitrogens with two attached hydrogens (primary N) is 1. The number of imidazole rings is 1. The molecule has 0 spiro atoms. The minimum atomic E-state index is -4.03. The molecule has 3 aromatic rings. The third-order valence-electron chi connectivity index (χ3n) is 3.74. The zero-order chi connectivity index (χ0) is 18.7. The topological polar surface area (TPSA) is 147 Å². The van der Waals surface area contributed by atoms with Gasteiger partial charge in [0.1, 0.15) is 0 Å². The van der Waals surface area contributed by atoms with Crippen LogP contribution in [0.1, 0.15) is 11.1 Å². The van der Waals surface area contributed by atoms with Gasteiger partial charge < -0.3 is 20.1 Å². The highest BCUT2D eigenvalue weighted by Gasteiger charge is 2.10. The fourth-order valence-corrected chi connectivity index (χ4v) is 2.94. The van der Waals surface area contributed by atoms with E-state index in [1.807, 2.05) is 24.3 Å². The van der Waals surface area contributed by atoms with Gasteiger partial charge in [0.2, 0.25) is 5.95 Å². The van der Waals surface area contributed by atoms with Crippen LogP contribution in [0.25, 0.3) is 17.2 Å². The first-order valence-corrected chi connectivity index (χ1v) is 9.62. The maximum Gasteiger partial charge on any atom is 0.329 e. The fraction of sp³-hybridized carbons (Fsp3) is 0.188. The lowest BCUT2D eigenvalue weighted by atomic mass is 10.1. The van der Waals surface area contributed by atoms with E-state index in [-0.39, 0.29) is 23.2 Å². The van der Waals surface area contributed by atoms with Gasteiger partial charge in [-0.15, -0.1) is 0 Å². The second-order valence-electron chi connectivity index (χ2n) is 5.81. The van der Waals surface area contributed by atoms with E-state index in [1.54, 1.807) is 17.0 Å². The Labute approximate surface area is 148 Å². The Hall–Kier alpha value is -2.74. The monoisotopic (exact) mass is 375 g/mol. The van der Waals surface area contributed by atoms with Crippen LogP contribution in [0.15, 0.2) is 41.5 Å². The highest BCUT2D eigenvalue weighted by molar-refractivity contribution is 7.51. The molecule has 0 saturated carbocycles. The molecule has 0 bridgehead atoms. The average molecular weight is 375 g/mol. The van der Waals surface area contributed by atoms with Gasteiger partial charge in [-0.2, -0.15) is 4.98 Å². The molecule has 2 aromatic heterocycles. The first-order chi connectivity index (χ1) is 12.3. The minimum Gasteiger partial charge on any atom is -0.369 e. The number of H-pyrrole nitrogens is 1. The Kier molecular flexibility index (Phi) is 5.03. The zero-order valence-electron chi connectivity index (χ0n) is 13.7. The number of hydrogen-bond donors (Lipinski definition) is 4. The molecule has 0 aliphatic carbocycles. The molecule has 9 nitrogen and oxygen atoms in total.